The van der Waals surface area contributed by atoms with E-state index in [2.05, 4.69) is 5.10 Å². The third-order valence-corrected chi connectivity index (χ3v) is 2.48. The van der Waals surface area contributed by atoms with Crippen LogP contribution in [0, 0.1) is 0 Å². The molecule has 5 heteroatoms. The smallest absolute Gasteiger partial charge is 0.165 e. The van der Waals surface area contributed by atoms with Gasteiger partial charge in [0.1, 0.15) is 11.5 Å². The molecule has 0 aliphatic carbocycles. The van der Waals surface area contributed by atoms with Gasteiger partial charge in [-0.3, -0.25) is 4.68 Å². The first-order chi connectivity index (χ1) is 8.81. The average molecular weight is 247 g/mol. The molecule has 18 heavy (non-hydrogen) atoms. The number of benzene rings is 1. The van der Waals surface area contributed by atoms with Crippen molar-refractivity contribution in [1.82, 2.24) is 9.78 Å². The zero-order valence-corrected chi connectivity index (χ0v) is 10.4. The molecule has 0 aliphatic heterocycles. The lowest BCUT2D eigenvalue weighted by Gasteiger charge is -2.04. The molecule has 0 saturated heterocycles. The summed E-state index contributed by atoms with van der Waals surface area (Å²) in [4.78, 5) is 0. The molecule has 1 heterocycles. The number of hydrogen-bond acceptors (Lipinski definition) is 4. The van der Waals surface area contributed by atoms with Crippen molar-refractivity contribution in [1.29, 1.82) is 0 Å². The lowest BCUT2D eigenvalue weighted by atomic mass is 10.3. The van der Waals surface area contributed by atoms with E-state index in [0.717, 1.165) is 24.5 Å². The van der Waals surface area contributed by atoms with Gasteiger partial charge in [0.2, 0.25) is 0 Å². The van der Waals surface area contributed by atoms with Crippen molar-refractivity contribution in [3.8, 4) is 17.2 Å². The Labute approximate surface area is 106 Å². The second-order valence-electron chi connectivity index (χ2n) is 3.86. The third kappa shape index (κ3) is 3.24. The van der Waals surface area contributed by atoms with Gasteiger partial charge in [0, 0.05) is 12.6 Å². The molecule has 0 spiro atoms. The number of rotatable bonds is 6. The molecule has 0 amide bonds. The molecule has 0 bridgehead atoms. The van der Waals surface area contributed by atoms with Gasteiger partial charge in [-0.25, -0.2) is 0 Å². The van der Waals surface area contributed by atoms with Gasteiger partial charge in [0.25, 0.3) is 0 Å². The summed E-state index contributed by atoms with van der Waals surface area (Å²) in [5.41, 5.74) is 5.45. The normalized spacial score (nSPS) is 10.3. The van der Waals surface area contributed by atoms with Crippen LogP contribution in [0.5, 0.6) is 17.2 Å². The van der Waals surface area contributed by atoms with Gasteiger partial charge in [0.05, 0.1) is 19.5 Å². The lowest BCUT2D eigenvalue weighted by Crippen LogP contribution is -2.05. The van der Waals surface area contributed by atoms with Gasteiger partial charge in [-0.15, -0.1) is 0 Å². The third-order valence-electron chi connectivity index (χ3n) is 2.48. The van der Waals surface area contributed by atoms with E-state index in [0.29, 0.717) is 12.3 Å². The minimum atomic E-state index is 0.659. The fourth-order valence-electron chi connectivity index (χ4n) is 1.57. The van der Waals surface area contributed by atoms with Crippen LogP contribution in [0.4, 0.5) is 0 Å². The molecule has 0 saturated carbocycles. The van der Waals surface area contributed by atoms with Gasteiger partial charge < -0.3 is 15.2 Å². The predicted octanol–water partition coefficient (Wildman–Crippen LogP) is 2.03. The number of ether oxygens (including phenoxy) is 2. The molecule has 0 atom stereocenters. The number of hydrogen-bond donors (Lipinski definition) is 1. The highest BCUT2D eigenvalue weighted by atomic mass is 16.5. The van der Waals surface area contributed by atoms with Gasteiger partial charge in [-0.1, -0.05) is 6.07 Å². The summed E-state index contributed by atoms with van der Waals surface area (Å²) in [6.07, 6.45) is 4.45. The van der Waals surface area contributed by atoms with Gasteiger partial charge in [-0.05, 0) is 25.1 Å². The molecule has 0 radical (unpaired) electrons. The summed E-state index contributed by atoms with van der Waals surface area (Å²) in [5, 5.41) is 4.20. The summed E-state index contributed by atoms with van der Waals surface area (Å²) in [6, 6.07) is 7.46. The zero-order valence-electron chi connectivity index (χ0n) is 10.4. The summed E-state index contributed by atoms with van der Waals surface area (Å²) in [7, 11) is 1.63. The number of nitrogens with two attached hydrogens (primary N) is 1. The SMILES string of the molecule is COc1cccc(Oc2cnn(CCCN)c2)c1. The van der Waals surface area contributed by atoms with Gasteiger partial charge in [0.15, 0.2) is 5.75 Å². The van der Waals surface area contributed by atoms with Crippen molar-refractivity contribution in [2.75, 3.05) is 13.7 Å². The highest BCUT2D eigenvalue weighted by Gasteiger charge is 2.02. The van der Waals surface area contributed by atoms with Crippen LogP contribution in [0.2, 0.25) is 0 Å². The Morgan fingerprint density at radius 1 is 1.28 bits per heavy atom. The van der Waals surface area contributed by atoms with Crippen LogP contribution in [0.15, 0.2) is 36.7 Å². The fraction of sp³-hybridized carbons (Fsp3) is 0.308. The van der Waals surface area contributed by atoms with E-state index in [1.165, 1.54) is 0 Å². The molecule has 1 aromatic carbocycles. The van der Waals surface area contributed by atoms with Crippen LogP contribution in [-0.4, -0.2) is 23.4 Å². The van der Waals surface area contributed by atoms with E-state index >= 15 is 0 Å². The molecule has 0 fully saturated rings. The van der Waals surface area contributed by atoms with Crippen LogP contribution in [0.25, 0.3) is 0 Å². The van der Waals surface area contributed by atoms with E-state index in [4.69, 9.17) is 15.2 Å². The van der Waals surface area contributed by atoms with Crippen LogP contribution < -0.4 is 15.2 Å². The van der Waals surface area contributed by atoms with Crippen molar-refractivity contribution in [3.63, 3.8) is 0 Å². The van der Waals surface area contributed by atoms with E-state index < -0.39 is 0 Å². The maximum atomic E-state index is 5.69. The maximum Gasteiger partial charge on any atom is 0.165 e. The highest BCUT2D eigenvalue weighted by molar-refractivity contribution is 5.35. The first-order valence-electron chi connectivity index (χ1n) is 5.86. The molecule has 0 aliphatic rings. The van der Waals surface area contributed by atoms with Crippen molar-refractivity contribution in [3.05, 3.63) is 36.7 Å². The molecule has 0 unspecified atom stereocenters. The van der Waals surface area contributed by atoms with Gasteiger partial charge >= 0.3 is 0 Å². The Morgan fingerprint density at radius 3 is 2.89 bits per heavy atom. The predicted molar refractivity (Wildman–Crippen MR) is 69.0 cm³/mol. The van der Waals surface area contributed by atoms with E-state index in [-0.39, 0.29) is 0 Å². The second-order valence-corrected chi connectivity index (χ2v) is 3.86. The lowest BCUT2D eigenvalue weighted by molar-refractivity contribution is 0.409. The summed E-state index contributed by atoms with van der Waals surface area (Å²) < 4.78 is 12.6. The molecular formula is C13H17N3O2. The molecule has 2 rings (SSSR count). The van der Waals surface area contributed by atoms with Crippen molar-refractivity contribution < 1.29 is 9.47 Å². The molecule has 2 aromatic rings. The number of aromatic nitrogens is 2. The Morgan fingerprint density at radius 2 is 2.11 bits per heavy atom. The monoisotopic (exact) mass is 247 g/mol. The van der Waals surface area contributed by atoms with Crippen LogP contribution in [0.3, 0.4) is 0 Å². The Balaban J connectivity index is 2.01. The maximum absolute atomic E-state index is 5.69. The van der Waals surface area contributed by atoms with Crippen molar-refractivity contribution >= 4 is 0 Å². The Hall–Kier alpha value is -2.01. The minimum absolute atomic E-state index is 0.659. The Kier molecular flexibility index (Phi) is 4.20. The van der Waals surface area contributed by atoms with Crippen LogP contribution >= 0.6 is 0 Å². The fourth-order valence-corrected chi connectivity index (χ4v) is 1.57. The summed E-state index contributed by atoms with van der Waals surface area (Å²) in [6.45, 7) is 1.46. The quantitative estimate of drug-likeness (QED) is 0.848. The van der Waals surface area contributed by atoms with Crippen LogP contribution in [0.1, 0.15) is 6.42 Å². The van der Waals surface area contributed by atoms with E-state index in [1.807, 2.05) is 35.1 Å². The number of nitrogens with zero attached hydrogens (tertiary/aromatic N) is 2. The molecule has 96 valence electrons. The van der Waals surface area contributed by atoms with Gasteiger partial charge in [-0.2, -0.15) is 5.10 Å². The minimum Gasteiger partial charge on any atom is -0.497 e. The first-order valence-corrected chi connectivity index (χ1v) is 5.86. The number of methoxy groups -OCH3 is 1. The largest absolute Gasteiger partial charge is 0.497 e. The molecule has 2 N–H and O–H groups in total. The van der Waals surface area contributed by atoms with Crippen molar-refractivity contribution in [2.24, 2.45) is 5.73 Å². The standard InChI is InChI=1S/C13H17N3O2/c1-17-11-4-2-5-12(8-11)18-13-9-15-16(10-13)7-3-6-14/h2,4-5,8-10H,3,6-7,14H2,1H3. The Bertz CT molecular complexity index is 496. The zero-order chi connectivity index (χ0) is 12.8. The molecule has 1 aromatic heterocycles. The van der Waals surface area contributed by atoms with E-state index in [9.17, 15) is 0 Å². The van der Waals surface area contributed by atoms with Crippen LogP contribution in [-0.2, 0) is 6.54 Å². The first kappa shape index (κ1) is 12.4. The summed E-state index contributed by atoms with van der Waals surface area (Å²) >= 11 is 0. The summed E-state index contributed by atoms with van der Waals surface area (Å²) in [5.74, 6) is 2.20. The molecular weight excluding hydrogens is 230 g/mol. The highest BCUT2D eigenvalue weighted by Crippen LogP contribution is 2.24. The number of aryl methyl sites for hydroxylation is 1. The topological polar surface area (TPSA) is 62.3 Å². The average Bonchev–Trinajstić information content (AvgIpc) is 2.84. The van der Waals surface area contributed by atoms with Crippen molar-refractivity contribution in [2.45, 2.75) is 13.0 Å². The van der Waals surface area contributed by atoms with E-state index in [1.54, 1.807) is 13.3 Å². The second kappa shape index (κ2) is 6.07. The molecule has 5 nitrogen and oxygen atoms in total.